The molecular weight excluding hydrogens is 659 g/mol. The number of hydrogen-bond donors (Lipinski definition) is 3. The van der Waals surface area contributed by atoms with Gasteiger partial charge in [0.15, 0.2) is 6.29 Å². The first-order valence-corrected chi connectivity index (χ1v) is 21.8. The first-order chi connectivity index (χ1) is 25.9. The second-order valence-corrected chi connectivity index (χ2v) is 17.6. The third kappa shape index (κ3) is 11.3. The number of urea groups is 1. The second-order valence-electron chi connectivity index (χ2n) is 17.6. The quantitative estimate of drug-likeness (QED) is 0.111. The van der Waals surface area contributed by atoms with Crippen molar-refractivity contribution in [2.24, 2.45) is 23.7 Å². The Morgan fingerprint density at radius 3 is 1.81 bits per heavy atom. The number of amides is 2. The van der Waals surface area contributed by atoms with E-state index in [-0.39, 0.29) is 36.3 Å². The van der Waals surface area contributed by atoms with Crippen LogP contribution < -0.4 is 10.6 Å². The van der Waals surface area contributed by atoms with E-state index in [9.17, 15) is 9.90 Å². The lowest BCUT2D eigenvalue weighted by Crippen LogP contribution is -2.60. The molecule has 4 atom stereocenters. The minimum absolute atomic E-state index is 0.000288. The lowest BCUT2D eigenvalue weighted by Gasteiger charge is -2.56. The molecule has 2 aromatic rings. The van der Waals surface area contributed by atoms with E-state index in [0.717, 1.165) is 79.0 Å². The molecule has 5 aliphatic rings. The summed E-state index contributed by atoms with van der Waals surface area (Å²) in [5.74, 6) is 2.52. The minimum Gasteiger partial charge on any atom is -0.392 e. The summed E-state index contributed by atoms with van der Waals surface area (Å²) in [6, 6.07) is 16.2. The minimum atomic E-state index is -0.515. The number of carbonyl (C=O) groups excluding carboxylic acids is 1. The molecule has 2 amide bonds. The van der Waals surface area contributed by atoms with Gasteiger partial charge in [0, 0.05) is 29.3 Å². The predicted octanol–water partition coefficient (Wildman–Crippen LogP) is 11.1. The third-order valence-corrected chi connectivity index (χ3v) is 13.1. The molecule has 0 aromatic heterocycles. The number of carbonyl (C=O) groups is 1. The molecule has 4 bridgehead atoms. The van der Waals surface area contributed by atoms with Gasteiger partial charge in [-0.2, -0.15) is 0 Å². The number of rotatable bonds is 21. The van der Waals surface area contributed by atoms with E-state index >= 15 is 0 Å². The molecule has 7 nitrogen and oxygen atoms in total. The molecule has 4 aliphatic carbocycles. The van der Waals surface area contributed by atoms with Crippen LogP contribution in [0.1, 0.15) is 165 Å². The summed E-state index contributed by atoms with van der Waals surface area (Å²) in [7, 11) is 0. The van der Waals surface area contributed by atoms with E-state index in [0.29, 0.717) is 0 Å². The molecule has 4 saturated carbocycles. The first kappa shape index (κ1) is 40.2. The van der Waals surface area contributed by atoms with Gasteiger partial charge in [0.2, 0.25) is 0 Å². The van der Waals surface area contributed by atoms with E-state index in [1.54, 1.807) is 0 Å². The van der Waals surface area contributed by atoms with Gasteiger partial charge in [0.25, 0.3) is 0 Å². The Bertz CT molecular complexity index is 1330. The van der Waals surface area contributed by atoms with Gasteiger partial charge in [0.05, 0.1) is 18.8 Å². The highest BCUT2D eigenvalue weighted by Gasteiger charge is 2.51. The van der Waals surface area contributed by atoms with Crippen LogP contribution in [0.3, 0.4) is 0 Å². The molecule has 7 rings (SSSR count). The summed E-state index contributed by atoms with van der Waals surface area (Å²) < 4.78 is 13.7. The number of hydrogen-bond acceptors (Lipinski definition) is 5. The highest BCUT2D eigenvalue weighted by Crippen LogP contribution is 2.55. The van der Waals surface area contributed by atoms with Crippen LogP contribution in [-0.4, -0.2) is 47.3 Å². The van der Waals surface area contributed by atoms with Crippen molar-refractivity contribution in [1.82, 2.24) is 10.2 Å². The molecule has 2 aromatic carbocycles. The molecule has 294 valence electrons. The van der Waals surface area contributed by atoms with Gasteiger partial charge in [0.1, 0.15) is 0 Å². The fourth-order valence-corrected chi connectivity index (χ4v) is 10.5. The second kappa shape index (κ2) is 19.9. The maximum absolute atomic E-state index is 13.3. The maximum Gasteiger partial charge on any atom is 0.319 e. The van der Waals surface area contributed by atoms with Crippen molar-refractivity contribution in [2.75, 3.05) is 25.0 Å². The van der Waals surface area contributed by atoms with Gasteiger partial charge >= 0.3 is 6.03 Å². The number of aliphatic hydroxyl groups is 1. The monoisotopic (exact) mass is 730 g/mol. The Kier molecular flexibility index (Phi) is 15.1. The van der Waals surface area contributed by atoms with E-state index in [4.69, 9.17) is 9.47 Å². The standard InChI is InChI=1S/C46H71N3O4/c1-4-6-8-10-12-14-24-49(25-15-13-11-9-7-5-2)32-42-34(3)43(39-18-16-35(33-50)17-19-39)53-44(52-42)40-20-22-41(23-21-40)47-45(51)48-46-29-36-26-37(30-46)28-38(27-36)31-46/h16-23,34,36-38,42-44,50H,4-15,24-33H2,1-3H3,(H2,47,48,51). The molecule has 5 fully saturated rings. The highest BCUT2D eigenvalue weighted by atomic mass is 16.7. The van der Waals surface area contributed by atoms with Crippen LogP contribution in [0.25, 0.3) is 0 Å². The molecule has 7 heteroatoms. The first-order valence-electron chi connectivity index (χ1n) is 21.8. The normalized spacial score (nSPS) is 29.1. The number of benzene rings is 2. The summed E-state index contributed by atoms with van der Waals surface area (Å²) in [6.07, 6.45) is 22.5. The van der Waals surface area contributed by atoms with Gasteiger partial charge in [-0.15, -0.1) is 0 Å². The molecule has 1 saturated heterocycles. The van der Waals surface area contributed by atoms with Crippen molar-refractivity contribution in [1.29, 1.82) is 0 Å². The number of ether oxygens (including phenoxy) is 2. The zero-order valence-corrected chi connectivity index (χ0v) is 33.3. The number of anilines is 1. The summed E-state index contributed by atoms with van der Waals surface area (Å²) >= 11 is 0. The number of unbranched alkanes of at least 4 members (excludes halogenated alkanes) is 10. The Labute approximate surface area is 321 Å². The van der Waals surface area contributed by atoms with Gasteiger partial charge in [-0.1, -0.05) is 121 Å². The lowest BCUT2D eigenvalue weighted by atomic mass is 9.53. The fraction of sp³-hybridized carbons (Fsp3) is 0.717. The number of nitrogens with one attached hydrogen (secondary N) is 2. The third-order valence-electron chi connectivity index (χ3n) is 13.1. The van der Waals surface area contributed by atoms with Crippen molar-refractivity contribution in [3.63, 3.8) is 0 Å². The predicted molar refractivity (Wildman–Crippen MR) is 216 cm³/mol. The molecule has 1 heterocycles. The molecule has 1 aliphatic heterocycles. The molecule has 0 spiro atoms. The zero-order chi connectivity index (χ0) is 37.0. The van der Waals surface area contributed by atoms with Crippen molar-refractivity contribution < 1.29 is 19.4 Å². The van der Waals surface area contributed by atoms with Gasteiger partial charge in [-0.05, 0) is 105 Å². The fourth-order valence-electron chi connectivity index (χ4n) is 10.5. The van der Waals surface area contributed by atoms with Gasteiger partial charge < -0.3 is 30.1 Å². The van der Waals surface area contributed by atoms with Crippen molar-refractivity contribution in [2.45, 2.75) is 167 Å². The summed E-state index contributed by atoms with van der Waals surface area (Å²) in [5, 5.41) is 16.3. The topological polar surface area (TPSA) is 83.1 Å². The zero-order valence-electron chi connectivity index (χ0n) is 33.3. The SMILES string of the molecule is CCCCCCCCN(CCCCCCCC)CC1OC(c2ccc(NC(=O)NC34CC5CC(CC(C5)C3)C4)cc2)OC(c2ccc(CO)cc2)C1C. The maximum atomic E-state index is 13.3. The van der Waals surface area contributed by atoms with Crippen LogP contribution in [0.2, 0.25) is 0 Å². The molecular formula is C46H71N3O4. The van der Waals surface area contributed by atoms with Crippen LogP contribution in [-0.2, 0) is 16.1 Å². The Morgan fingerprint density at radius 1 is 0.736 bits per heavy atom. The Morgan fingerprint density at radius 2 is 1.26 bits per heavy atom. The van der Waals surface area contributed by atoms with Crippen LogP contribution in [0.5, 0.6) is 0 Å². The smallest absolute Gasteiger partial charge is 0.319 e. The average molecular weight is 730 g/mol. The number of nitrogens with zero attached hydrogens (tertiary/aromatic N) is 1. The van der Waals surface area contributed by atoms with Crippen molar-refractivity contribution in [3.05, 3.63) is 65.2 Å². The van der Waals surface area contributed by atoms with E-state index in [2.05, 4.69) is 48.4 Å². The van der Waals surface area contributed by atoms with E-state index in [1.165, 1.54) is 96.3 Å². The summed E-state index contributed by atoms with van der Waals surface area (Å²) in [4.78, 5) is 16.0. The molecule has 3 N–H and O–H groups in total. The summed E-state index contributed by atoms with van der Waals surface area (Å²) in [5.41, 5.74) is 3.75. The average Bonchev–Trinajstić information content (AvgIpc) is 3.14. The van der Waals surface area contributed by atoms with E-state index in [1.807, 2.05) is 36.4 Å². The largest absolute Gasteiger partial charge is 0.392 e. The Balaban J connectivity index is 1.12. The highest BCUT2D eigenvalue weighted by molar-refractivity contribution is 5.89. The number of aliphatic hydroxyl groups excluding tert-OH is 1. The van der Waals surface area contributed by atoms with Gasteiger partial charge in [-0.3, -0.25) is 0 Å². The van der Waals surface area contributed by atoms with Crippen LogP contribution >= 0.6 is 0 Å². The van der Waals surface area contributed by atoms with Crippen LogP contribution in [0, 0.1) is 23.7 Å². The summed E-state index contributed by atoms with van der Waals surface area (Å²) in [6.45, 7) is 9.98. The van der Waals surface area contributed by atoms with Crippen LogP contribution in [0.15, 0.2) is 48.5 Å². The lowest BCUT2D eigenvalue weighted by molar-refractivity contribution is -0.276. The van der Waals surface area contributed by atoms with Crippen molar-refractivity contribution >= 4 is 11.7 Å². The Hall–Kier alpha value is -2.45. The molecule has 53 heavy (non-hydrogen) atoms. The van der Waals surface area contributed by atoms with E-state index < -0.39 is 6.29 Å². The molecule has 0 radical (unpaired) electrons. The molecule has 4 unspecified atom stereocenters. The van der Waals surface area contributed by atoms with Crippen molar-refractivity contribution in [3.8, 4) is 0 Å². The van der Waals surface area contributed by atoms with Crippen LogP contribution in [0.4, 0.5) is 10.5 Å². The van der Waals surface area contributed by atoms with Gasteiger partial charge in [-0.25, -0.2) is 4.79 Å².